The molecule has 3 atom stereocenters. The average molecular weight is 339 g/mol. The lowest BCUT2D eigenvalue weighted by Gasteiger charge is -2.22. The zero-order valence-electron chi connectivity index (χ0n) is 14.3. The molecule has 0 aliphatic carbocycles. The van der Waals surface area contributed by atoms with E-state index in [0.29, 0.717) is 0 Å². The Morgan fingerprint density at radius 2 is 2.00 bits per heavy atom. The zero-order valence-corrected chi connectivity index (χ0v) is 14.3. The van der Waals surface area contributed by atoms with Crippen LogP contribution in [-0.2, 0) is 9.59 Å². The van der Waals surface area contributed by atoms with Crippen molar-refractivity contribution in [3.05, 3.63) is 24.3 Å². The maximum Gasteiger partial charge on any atom is 0.244 e. The first-order valence-electron chi connectivity index (χ1n) is 7.89. The number of hydrogen-bond donors (Lipinski definition) is 6. The van der Waals surface area contributed by atoms with Gasteiger partial charge in [0.15, 0.2) is 0 Å². The van der Waals surface area contributed by atoms with Gasteiger partial charge in [0.05, 0.1) is 18.0 Å². The average Bonchev–Trinajstić information content (AvgIpc) is 2.46. The molecule has 0 aromatic carbocycles. The van der Waals surface area contributed by atoms with E-state index in [1.807, 2.05) is 6.92 Å². The smallest absolute Gasteiger partial charge is 0.244 e. The number of amides is 2. The lowest BCUT2D eigenvalue weighted by atomic mass is 10.0. The first kappa shape index (κ1) is 21.8. The van der Waals surface area contributed by atoms with Crippen LogP contribution < -0.4 is 22.1 Å². The van der Waals surface area contributed by atoms with Crippen LogP contribution in [0.3, 0.4) is 0 Å². The summed E-state index contributed by atoms with van der Waals surface area (Å²) in [7, 11) is 0. The number of rotatable bonds is 11. The van der Waals surface area contributed by atoms with Crippen molar-refractivity contribution in [2.75, 3.05) is 6.54 Å². The van der Waals surface area contributed by atoms with E-state index >= 15 is 0 Å². The third kappa shape index (κ3) is 11.4. The molecule has 0 saturated carbocycles. The van der Waals surface area contributed by atoms with E-state index in [-0.39, 0.29) is 43.5 Å². The van der Waals surface area contributed by atoms with Crippen LogP contribution in [0, 0.1) is 5.41 Å². The predicted octanol–water partition coefficient (Wildman–Crippen LogP) is -0.466. The van der Waals surface area contributed by atoms with Crippen LogP contribution in [0.4, 0.5) is 0 Å². The molecule has 136 valence electrons. The maximum atomic E-state index is 11.6. The topological polar surface area (TPSA) is 154 Å². The van der Waals surface area contributed by atoms with Crippen molar-refractivity contribution in [3.8, 4) is 0 Å². The number of carbonyl (C=O) groups is 2. The molecule has 0 spiro atoms. The summed E-state index contributed by atoms with van der Waals surface area (Å²) in [5.41, 5.74) is 11.0. The van der Waals surface area contributed by atoms with E-state index in [1.54, 1.807) is 25.2 Å². The van der Waals surface area contributed by atoms with Crippen molar-refractivity contribution in [3.63, 3.8) is 0 Å². The van der Waals surface area contributed by atoms with E-state index in [1.165, 1.54) is 6.08 Å². The summed E-state index contributed by atoms with van der Waals surface area (Å²) in [5, 5.41) is 22.4. The highest BCUT2D eigenvalue weighted by Crippen LogP contribution is 2.05. The summed E-state index contributed by atoms with van der Waals surface area (Å²) in [5.74, 6) is -0.569. The van der Waals surface area contributed by atoms with Crippen molar-refractivity contribution in [1.82, 2.24) is 10.6 Å². The summed E-state index contributed by atoms with van der Waals surface area (Å²) in [6, 6.07) is -1.02. The van der Waals surface area contributed by atoms with Crippen LogP contribution >= 0.6 is 0 Å². The molecule has 8 heteroatoms. The van der Waals surface area contributed by atoms with Crippen LogP contribution in [-0.4, -0.2) is 47.5 Å². The van der Waals surface area contributed by atoms with Crippen LogP contribution in [0.1, 0.15) is 33.1 Å². The minimum Gasteiger partial charge on any atom is -0.391 e. The molecule has 8 N–H and O–H groups in total. The van der Waals surface area contributed by atoms with Crippen LogP contribution in [0.25, 0.3) is 0 Å². The van der Waals surface area contributed by atoms with Crippen molar-refractivity contribution in [2.45, 2.75) is 51.3 Å². The molecular formula is C16H29N5O3. The third-order valence-corrected chi connectivity index (χ3v) is 3.21. The number of hydrogen-bond acceptors (Lipinski definition) is 5. The Bertz CT molecular complexity index is 476. The first-order valence-corrected chi connectivity index (χ1v) is 7.89. The summed E-state index contributed by atoms with van der Waals surface area (Å²) >= 11 is 0. The van der Waals surface area contributed by atoms with Crippen molar-refractivity contribution in [1.29, 1.82) is 5.41 Å². The van der Waals surface area contributed by atoms with Gasteiger partial charge in [0.25, 0.3) is 0 Å². The quantitative estimate of drug-likeness (QED) is 0.130. The lowest BCUT2D eigenvalue weighted by molar-refractivity contribution is -0.122. The molecule has 8 nitrogen and oxygen atoms in total. The summed E-state index contributed by atoms with van der Waals surface area (Å²) in [6.07, 6.45) is 6.15. The molecular weight excluding hydrogens is 310 g/mol. The number of nitrogens with one attached hydrogen (secondary N) is 3. The van der Waals surface area contributed by atoms with E-state index in [4.69, 9.17) is 16.9 Å². The summed E-state index contributed by atoms with van der Waals surface area (Å²) in [4.78, 5) is 23.2. The number of allylic oxidation sites excluding steroid dienone is 3. The van der Waals surface area contributed by atoms with E-state index in [9.17, 15) is 14.7 Å². The van der Waals surface area contributed by atoms with Gasteiger partial charge in [0.2, 0.25) is 11.8 Å². The normalized spacial score (nSPS) is 15.2. The lowest BCUT2D eigenvalue weighted by Crippen LogP contribution is -2.44. The molecule has 3 unspecified atom stereocenters. The summed E-state index contributed by atoms with van der Waals surface area (Å²) in [6.45, 7) is 3.80. The molecule has 0 bridgehead atoms. The van der Waals surface area contributed by atoms with Gasteiger partial charge in [-0.25, -0.2) is 0 Å². The van der Waals surface area contributed by atoms with Gasteiger partial charge in [-0.05, 0) is 20.3 Å². The van der Waals surface area contributed by atoms with E-state index in [2.05, 4.69) is 10.6 Å². The fourth-order valence-corrected chi connectivity index (χ4v) is 1.87. The molecule has 24 heavy (non-hydrogen) atoms. The SMILES string of the molecule is CC=C/C=C/C(=O)NC(C)C(O)CC(N)CC(=O)NCCC(=N)N. The fourth-order valence-electron chi connectivity index (χ4n) is 1.87. The van der Waals surface area contributed by atoms with Crippen LogP contribution in [0.2, 0.25) is 0 Å². The number of aliphatic hydroxyl groups excluding tert-OH is 1. The first-order chi connectivity index (χ1) is 11.3. The Hall–Kier alpha value is -2.19. The summed E-state index contributed by atoms with van der Waals surface area (Å²) < 4.78 is 0. The van der Waals surface area contributed by atoms with E-state index in [0.717, 1.165) is 0 Å². The molecule has 0 aliphatic heterocycles. The molecule has 0 fully saturated rings. The molecule has 0 aromatic heterocycles. The zero-order chi connectivity index (χ0) is 18.5. The van der Waals surface area contributed by atoms with Gasteiger partial charge in [-0.3, -0.25) is 15.0 Å². The molecule has 0 heterocycles. The second-order valence-electron chi connectivity index (χ2n) is 5.57. The van der Waals surface area contributed by atoms with Gasteiger partial charge in [-0.2, -0.15) is 0 Å². The monoisotopic (exact) mass is 339 g/mol. The Balaban J connectivity index is 4.14. The largest absolute Gasteiger partial charge is 0.391 e. The minimum absolute atomic E-state index is 0.00284. The maximum absolute atomic E-state index is 11.6. The van der Waals surface area contributed by atoms with Crippen LogP contribution in [0.5, 0.6) is 0 Å². The second kappa shape index (κ2) is 12.3. The van der Waals surface area contributed by atoms with Crippen LogP contribution in [0.15, 0.2) is 24.3 Å². The third-order valence-electron chi connectivity index (χ3n) is 3.21. The van der Waals surface area contributed by atoms with Gasteiger partial charge in [0.1, 0.15) is 0 Å². The Morgan fingerprint density at radius 3 is 2.58 bits per heavy atom. The number of nitrogens with two attached hydrogens (primary N) is 2. The predicted molar refractivity (Wildman–Crippen MR) is 94.3 cm³/mol. The highest BCUT2D eigenvalue weighted by atomic mass is 16.3. The molecule has 0 saturated heterocycles. The number of amidine groups is 1. The van der Waals surface area contributed by atoms with Crippen molar-refractivity contribution >= 4 is 17.6 Å². The highest BCUT2D eigenvalue weighted by molar-refractivity contribution is 5.88. The van der Waals surface area contributed by atoms with Gasteiger partial charge in [0, 0.05) is 31.5 Å². The second-order valence-corrected chi connectivity index (χ2v) is 5.57. The van der Waals surface area contributed by atoms with Gasteiger partial charge in [-0.1, -0.05) is 18.2 Å². The highest BCUT2D eigenvalue weighted by Gasteiger charge is 2.20. The molecule has 2 amide bonds. The van der Waals surface area contributed by atoms with E-state index < -0.39 is 18.2 Å². The van der Waals surface area contributed by atoms with Gasteiger partial charge in [-0.15, -0.1) is 0 Å². The molecule has 0 rings (SSSR count). The molecule has 0 radical (unpaired) electrons. The molecule has 0 aromatic rings. The Morgan fingerprint density at radius 1 is 1.33 bits per heavy atom. The Kier molecular flexibility index (Phi) is 11.1. The van der Waals surface area contributed by atoms with Crippen molar-refractivity contribution in [2.24, 2.45) is 11.5 Å². The Labute approximate surface area is 142 Å². The minimum atomic E-state index is -0.857. The molecule has 0 aliphatic rings. The standard InChI is InChI=1S/C16H29N5O3/c1-3-4-5-6-15(23)21-11(2)13(22)9-12(17)10-16(24)20-8-7-14(18)19/h3-6,11-13,22H,7-10,17H2,1-2H3,(H3,18,19)(H,20,24)(H,21,23)/b4-3?,6-5+. The van der Waals surface area contributed by atoms with Gasteiger partial charge < -0.3 is 27.2 Å². The van der Waals surface area contributed by atoms with Gasteiger partial charge >= 0.3 is 0 Å². The number of carbonyl (C=O) groups excluding carboxylic acids is 2. The fraction of sp³-hybridized carbons (Fsp3) is 0.562. The van der Waals surface area contributed by atoms with Crippen molar-refractivity contribution < 1.29 is 14.7 Å². The number of aliphatic hydroxyl groups is 1.